The Kier molecular flexibility index (Phi) is 3.53. The SMILES string of the molecule is C=CC(=O)N1CCN2c3ncc(Cl)cc3OCCC2C1. The van der Waals surface area contributed by atoms with Crippen LogP contribution in [0.1, 0.15) is 6.42 Å². The number of pyridine rings is 1. The van der Waals surface area contributed by atoms with E-state index in [4.69, 9.17) is 16.3 Å². The van der Waals surface area contributed by atoms with Gasteiger partial charge in [0, 0.05) is 38.3 Å². The quantitative estimate of drug-likeness (QED) is 0.740. The largest absolute Gasteiger partial charge is 0.490 e. The lowest BCUT2D eigenvalue weighted by atomic mass is 10.1. The summed E-state index contributed by atoms with van der Waals surface area (Å²) in [5.74, 6) is 1.53. The normalized spacial score (nSPS) is 21.4. The molecule has 0 spiro atoms. The van der Waals surface area contributed by atoms with Crippen LogP contribution in [-0.2, 0) is 4.79 Å². The van der Waals surface area contributed by atoms with Crippen LogP contribution in [0.2, 0.25) is 5.02 Å². The van der Waals surface area contributed by atoms with E-state index in [1.165, 1.54) is 6.08 Å². The predicted molar refractivity (Wildman–Crippen MR) is 77.3 cm³/mol. The number of rotatable bonds is 1. The van der Waals surface area contributed by atoms with Crippen LogP contribution < -0.4 is 9.64 Å². The molecule has 3 rings (SSSR count). The monoisotopic (exact) mass is 293 g/mol. The highest BCUT2D eigenvalue weighted by Gasteiger charge is 2.33. The van der Waals surface area contributed by atoms with E-state index >= 15 is 0 Å². The average molecular weight is 294 g/mol. The summed E-state index contributed by atoms with van der Waals surface area (Å²) in [5, 5.41) is 0.572. The zero-order valence-corrected chi connectivity index (χ0v) is 11.8. The second-order valence-electron chi connectivity index (χ2n) is 4.95. The fraction of sp³-hybridized carbons (Fsp3) is 0.429. The van der Waals surface area contributed by atoms with Crippen LogP contribution in [0, 0.1) is 0 Å². The summed E-state index contributed by atoms with van der Waals surface area (Å²) in [5.41, 5.74) is 0. The summed E-state index contributed by atoms with van der Waals surface area (Å²) in [4.78, 5) is 20.2. The van der Waals surface area contributed by atoms with Gasteiger partial charge in [0.25, 0.3) is 0 Å². The number of carbonyl (C=O) groups is 1. The van der Waals surface area contributed by atoms with E-state index in [0.29, 0.717) is 24.7 Å². The van der Waals surface area contributed by atoms with Gasteiger partial charge in [-0.15, -0.1) is 0 Å². The van der Waals surface area contributed by atoms with E-state index in [0.717, 1.165) is 24.5 Å². The molecule has 2 aliphatic heterocycles. The Balaban J connectivity index is 1.87. The fourth-order valence-corrected chi connectivity index (χ4v) is 2.90. The number of hydrogen-bond acceptors (Lipinski definition) is 4. The molecule has 20 heavy (non-hydrogen) atoms. The third-order valence-corrected chi connectivity index (χ3v) is 3.96. The van der Waals surface area contributed by atoms with E-state index < -0.39 is 0 Å². The minimum absolute atomic E-state index is 0.0147. The number of piperazine rings is 1. The van der Waals surface area contributed by atoms with E-state index in [1.807, 2.05) is 4.90 Å². The van der Waals surface area contributed by atoms with Crippen molar-refractivity contribution in [3.63, 3.8) is 0 Å². The van der Waals surface area contributed by atoms with Crippen molar-refractivity contribution in [1.82, 2.24) is 9.88 Å². The van der Waals surface area contributed by atoms with Crippen LogP contribution in [0.15, 0.2) is 24.9 Å². The van der Waals surface area contributed by atoms with Crippen molar-refractivity contribution in [1.29, 1.82) is 0 Å². The van der Waals surface area contributed by atoms with Gasteiger partial charge in [-0.05, 0) is 6.08 Å². The van der Waals surface area contributed by atoms with Gasteiger partial charge in [-0.25, -0.2) is 4.98 Å². The average Bonchev–Trinajstić information content (AvgIpc) is 2.64. The molecular formula is C14H16ClN3O2. The number of hydrogen-bond donors (Lipinski definition) is 0. The molecule has 3 heterocycles. The third kappa shape index (κ3) is 2.33. The van der Waals surface area contributed by atoms with Crippen molar-refractivity contribution < 1.29 is 9.53 Å². The lowest BCUT2D eigenvalue weighted by molar-refractivity contribution is -0.126. The van der Waals surface area contributed by atoms with Crippen LogP contribution in [0.3, 0.4) is 0 Å². The molecule has 0 aliphatic carbocycles. The van der Waals surface area contributed by atoms with Gasteiger partial charge in [0.2, 0.25) is 5.91 Å². The molecule has 0 aromatic carbocycles. The first-order valence-corrected chi connectivity index (χ1v) is 7.03. The molecule has 0 saturated carbocycles. The lowest BCUT2D eigenvalue weighted by Crippen LogP contribution is -2.54. The maximum absolute atomic E-state index is 11.7. The molecule has 0 radical (unpaired) electrons. The zero-order chi connectivity index (χ0) is 14.1. The molecule has 1 amide bonds. The fourth-order valence-electron chi connectivity index (χ4n) is 2.75. The van der Waals surface area contributed by atoms with Crippen LogP contribution >= 0.6 is 11.6 Å². The van der Waals surface area contributed by atoms with E-state index in [1.54, 1.807) is 12.3 Å². The molecule has 1 saturated heterocycles. The van der Waals surface area contributed by atoms with Crippen molar-refractivity contribution in [3.8, 4) is 5.75 Å². The highest BCUT2D eigenvalue weighted by atomic mass is 35.5. The first kappa shape index (κ1) is 13.2. The highest BCUT2D eigenvalue weighted by molar-refractivity contribution is 6.30. The van der Waals surface area contributed by atoms with Gasteiger partial charge in [0.1, 0.15) is 0 Å². The number of anilines is 1. The molecule has 0 bridgehead atoms. The zero-order valence-electron chi connectivity index (χ0n) is 11.1. The molecule has 5 nitrogen and oxygen atoms in total. The van der Waals surface area contributed by atoms with E-state index in [-0.39, 0.29) is 11.9 Å². The number of nitrogens with zero attached hydrogens (tertiary/aromatic N) is 3. The summed E-state index contributed by atoms with van der Waals surface area (Å²) in [7, 11) is 0. The Morgan fingerprint density at radius 2 is 2.40 bits per heavy atom. The number of carbonyl (C=O) groups excluding carboxylic acids is 1. The number of amides is 1. The van der Waals surface area contributed by atoms with Crippen molar-refractivity contribution in [3.05, 3.63) is 29.9 Å². The van der Waals surface area contributed by atoms with Gasteiger partial charge in [-0.1, -0.05) is 18.2 Å². The van der Waals surface area contributed by atoms with Gasteiger partial charge < -0.3 is 14.5 Å². The van der Waals surface area contributed by atoms with Gasteiger partial charge in [0.05, 0.1) is 17.7 Å². The first-order chi connectivity index (χ1) is 9.69. The first-order valence-electron chi connectivity index (χ1n) is 6.65. The topological polar surface area (TPSA) is 45.7 Å². The summed E-state index contributed by atoms with van der Waals surface area (Å²) in [6, 6.07) is 2.02. The Labute approximate surface area is 122 Å². The van der Waals surface area contributed by atoms with Crippen molar-refractivity contribution in [2.24, 2.45) is 0 Å². The van der Waals surface area contributed by atoms with Crippen LogP contribution in [0.4, 0.5) is 5.82 Å². The Morgan fingerprint density at radius 3 is 3.20 bits per heavy atom. The summed E-state index contributed by atoms with van der Waals surface area (Å²) >= 11 is 5.96. The van der Waals surface area contributed by atoms with Gasteiger partial charge >= 0.3 is 0 Å². The molecule has 0 N–H and O–H groups in total. The molecule has 1 aromatic heterocycles. The van der Waals surface area contributed by atoms with E-state index in [2.05, 4.69) is 16.5 Å². The van der Waals surface area contributed by atoms with Crippen LogP contribution in [-0.4, -0.2) is 48.1 Å². The van der Waals surface area contributed by atoms with E-state index in [9.17, 15) is 4.79 Å². The molecule has 1 aromatic rings. The molecule has 6 heteroatoms. The standard InChI is InChI=1S/C14H16ClN3O2/c1-2-13(19)17-4-5-18-11(9-17)3-6-20-12-7-10(15)8-16-14(12)18/h2,7-8,11H,1,3-6,9H2. The molecule has 1 unspecified atom stereocenters. The molecular weight excluding hydrogens is 278 g/mol. The second-order valence-corrected chi connectivity index (χ2v) is 5.38. The number of fused-ring (bicyclic) bond motifs is 3. The molecule has 1 fully saturated rings. The predicted octanol–water partition coefficient (Wildman–Crippen LogP) is 1.72. The molecule has 106 valence electrons. The molecule has 2 aliphatic rings. The minimum Gasteiger partial charge on any atom is -0.490 e. The van der Waals surface area contributed by atoms with Crippen molar-refractivity contribution in [2.75, 3.05) is 31.1 Å². The number of ether oxygens (including phenoxy) is 1. The summed E-state index contributed by atoms with van der Waals surface area (Å²) in [6.45, 7) is 6.25. The maximum atomic E-state index is 11.7. The van der Waals surface area contributed by atoms with Gasteiger partial charge in [-0.3, -0.25) is 4.79 Å². The van der Waals surface area contributed by atoms with Gasteiger partial charge in [-0.2, -0.15) is 0 Å². The summed E-state index contributed by atoms with van der Waals surface area (Å²) < 4.78 is 5.73. The third-order valence-electron chi connectivity index (χ3n) is 3.75. The number of halogens is 1. The highest BCUT2D eigenvalue weighted by Crippen LogP contribution is 2.34. The van der Waals surface area contributed by atoms with Crippen molar-refractivity contribution >= 4 is 23.3 Å². The smallest absolute Gasteiger partial charge is 0.246 e. The Morgan fingerprint density at radius 1 is 1.55 bits per heavy atom. The Hall–Kier alpha value is -1.75. The maximum Gasteiger partial charge on any atom is 0.246 e. The second kappa shape index (κ2) is 5.32. The van der Waals surface area contributed by atoms with Crippen LogP contribution in [0.5, 0.6) is 5.75 Å². The summed E-state index contributed by atoms with van der Waals surface area (Å²) in [6.07, 6.45) is 3.86. The molecule has 1 atom stereocenters. The number of aromatic nitrogens is 1. The van der Waals surface area contributed by atoms with Crippen molar-refractivity contribution in [2.45, 2.75) is 12.5 Å². The lowest BCUT2D eigenvalue weighted by Gasteiger charge is -2.40. The van der Waals surface area contributed by atoms with Gasteiger partial charge in [0.15, 0.2) is 11.6 Å². The minimum atomic E-state index is -0.0147. The van der Waals surface area contributed by atoms with Crippen LogP contribution in [0.25, 0.3) is 0 Å². The Bertz CT molecular complexity index is 549.